The van der Waals surface area contributed by atoms with Crippen LogP contribution in [0.3, 0.4) is 0 Å². The summed E-state index contributed by atoms with van der Waals surface area (Å²) >= 11 is 0. The van der Waals surface area contributed by atoms with Crippen LogP contribution in [0.5, 0.6) is 0 Å². The number of aromatic nitrogens is 2. The van der Waals surface area contributed by atoms with Crippen LogP contribution in [0.2, 0.25) is 0 Å². The Morgan fingerprint density at radius 1 is 0.727 bits per heavy atom. The maximum absolute atomic E-state index is 4.47. The van der Waals surface area contributed by atoms with E-state index in [1.165, 1.54) is 0 Å². The van der Waals surface area contributed by atoms with Crippen molar-refractivity contribution in [2.45, 2.75) is 0 Å². The van der Waals surface area contributed by atoms with E-state index < -0.39 is 0 Å². The minimum atomic E-state index is 0.709. The van der Waals surface area contributed by atoms with E-state index in [1.54, 1.807) is 12.4 Å². The number of rotatable bonds is 6. The van der Waals surface area contributed by atoms with Crippen LogP contribution in [0, 0.1) is 0 Å². The van der Waals surface area contributed by atoms with E-state index in [0.717, 1.165) is 59.8 Å². The highest BCUT2D eigenvalue weighted by atomic mass is 15.4. The molecule has 0 saturated heterocycles. The highest BCUT2D eigenvalue weighted by Crippen LogP contribution is 2.24. The Balaban J connectivity index is 1.19. The monoisotopic (exact) mass is 440 g/mol. The molecule has 5 N–H and O–H groups in total. The van der Waals surface area contributed by atoms with Gasteiger partial charge in [-0.3, -0.25) is 5.10 Å². The van der Waals surface area contributed by atoms with E-state index in [2.05, 4.69) is 51.9 Å². The van der Waals surface area contributed by atoms with E-state index in [0.29, 0.717) is 11.9 Å². The summed E-state index contributed by atoms with van der Waals surface area (Å²) in [4.78, 5) is 8.47. The molecule has 3 aromatic rings. The molecule has 0 radical (unpaired) electrons. The minimum absolute atomic E-state index is 0.709. The van der Waals surface area contributed by atoms with Gasteiger partial charge in [0, 0.05) is 18.7 Å². The van der Waals surface area contributed by atoms with Crippen LogP contribution in [-0.2, 0) is 0 Å². The molecule has 0 unspecified atom stereocenters. The average Bonchev–Trinajstić information content (AvgIpc) is 3.63. The number of aromatic amines is 1. The first-order valence-corrected chi connectivity index (χ1v) is 10.7. The summed E-state index contributed by atoms with van der Waals surface area (Å²) in [5.41, 5.74) is 11.7. The van der Waals surface area contributed by atoms with Crippen LogP contribution >= 0.6 is 0 Å². The van der Waals surface area contributed by atoms with Gasteiger partial charge >= 0.3 is 0 Å². The quantitative estimate of drug-likeness (QED) is 0.293. The predicted octanol–water partition coefficient (Wildman–Crippen LogP) is 1.51. The zero-order chi connectivity index (χ0) is 22.3. The highest BCUT2D eigenvalue weighted by Gasteiger charge is 2.07. The van der Waals surface area contributed by atoms with Crippen molar-refractivity contribution in [1.82, 2.24) is 31.7 Å². The molecule has 0 aliphatic carbocycles. The Morgan fingerprint density at radius 3 is 1.79 bits per heavy atom. The molecule has 10 heteroatoms. The second-order valence-electron chi connectivity index (χ2n) is 7.47. The SMILES string of the molecule is C(=N/NC1=NCCN1)/c1ccc(-c2cc(-c3ccc(/C=N/NC4=NCCN4)cc3)[nH]n2)cc1. The van der Waals surface area contributed by atoms with Gasteiger partial charge < -0.3 is 10.6 Å². The number of benzene rings is 2. The van der Waals surface area contributed by atoms with Gasteiger partial charge in [-0.2, -0.15) is 15.3 Å². The molecule has 166 valence electrons. The van der Waals surface area contributed by atoms with E-state index in [-0.39, 0.29) is 0 Å². The fourth-order valence-electron chi connectivity index (χ4n) is 3.39. The lowest BCUT2D eigenvalue weighted by Gasteiger charge is -2.01. The van der Waals surface area contributed by atoms with Gasteiger partial charge in [-0.15, -0.1) is 0 Å². The Labute approximate surface area is 191 Å². The van der Waals surface area contributed by atoms with Gasteiger partial charge in [0.1, 0.15) is 0 Å². The summed E-state index contributed by atoms with van der Waals surface area (Å²) in [6.07, 6.45) is 3.53. The van der Waals surface area contributed by atoms with Crippen molar-refractivity contribution in [3.05, 3.63) is 65.7 Å². The first-order valence-electron chi connectivity index (χ1n) is 10.7. The van der Waals surface area contributed by atoms with E-state index in [4.69, 9.17) is 0 Å². The molecule has 3 heterocycles. The van der Waals surface area contributed by atoms with Crippen molar-refractivity contribution in [3.8, 4) is 22.5 Å². The number of guanidine groups is 2. The average molecular weight is 441 g/mol. The molecule has 0 spiro atoms. The summed E-state index contributed by atoms with van der Waals surface area (Å²) in [5, 5.41) is 22.2. The molecule has 0 saturated carbocycles. The van der Waals surface area contributed by atoms with Crippen LogP contribution < -0.4 is 21.5 Å². The van der Waals surface area contributed by atoms with Crippen molar-refractivity contribution in [2.75, 3.05) is 26.2 Å². The zero-order valence-electron chi connectivity index (χ0n) is 17.9. The van der Waals surface area contributed by atoms with Crippen LogP contribution in [0.4, 0.5) is 0 Å². The van der Waals surface area contributed by atoms with Crippen LogP contribution in [0.25, 0.3) is 22.5 Å². The largest absolute Gasteiger partial charge is 0.353 e. The maximum atomic E-state index is 4.47. The van der Waals surface area contributed by atoms with Gasteiger partial charge in [0.2, 0.25) is 11.9 Å². The Morgan fingerprint density at radius 2 is 1.27 bits per heavy atom. The van der Waals surface area contributed by atoms with Gasteiger partial charge in [0.15, 0.2) is 0 Å². The van der Waals surface area contributed by atoms with Crippen molar-refractivity contribution in [1.29, 1.82) is 0 Å². The first-order chi connectivity index (χ1) is 16.3. The number of H-pyrrole nitrogens is 1. The molecule has 0 atom stereocenters. The number of nitrogens with one attached hydrogen (secondary N) is 5. The molecule has 0 fully saturated rings. The minimum Gasteiger partial charge on any atom is -0.353 e. The Bertz CT molecular complexity index is 1110. The molecule has 2 aliphatic rings. The lowest BCUT2D eigenvalue weighted by Crippen LogP contribution is -2.30. The molecular weight excluding hydrogens is 416 g/mol. The predicted molar refractivity (Wildman–Crippen MR) is 132 cm³/mol. The molecule has 5 rings (SSSR count). The highest BCUT2D eigenvalue weighted by molar-refractivity contribution is 5.86. The topological polar surface area (TPSA) is 126 Å². The summed E-state index contributed by atoms with van der Waals surface area (Å²) in [5.74, 6) is 1.42. The maximum Gasteiger partial charge on any atom is 0.212 e. The number of hydrogen-bond acceptors (Lipinski definition) is 9. The van der Waals surface area contributed by atoms with Crippen molar-refractivity contribution < 1.29 is 0 Å². The van der Waals surface area contributed by atoms with Crippen LogP contribution in [0.1, 0.15) is 11.1 Å². The lowest BCUT2D eigenvalue weighted by molar-refractivity contribution is 0.920. The van der Waals surface area contributed by atoms with Gasteiger partial charge in [-0.1, -0.05) is 48.5 Å². The fraction of sp³-hybridized carbons (Fsp3) is 0.174. The third kappa shape index (κ3) is 5.24. The summed E-state index contributed by atoms with van der Waals surface area (Å²) in [6.45, 7) is 3.26. The van der Waals surface area contributed by atoms with Gasteiger partial charge in [0.05, 0.1) is 36.9 Å². The Hall–Kier alpha value is -4.47. The number of aliphatic imine (C=N–C) groups is 2. The second-order valence-corrected chi connectivity index (χ2v) is 7.47. The van der Waals surface area contributed by atoms with Gasteiger partial charge in [-0.05, 0) is 22.8 Å². The van der Waals surface area contributed by atoms with Gasteiger partial charge in [-0.25, -0.2) is 20.8 Å². The smallest absolute Gasteiger partial charge is 0.212 e. The Kier molecular flexibility index (Phi) is 6.05. The van der Waals surface area contributed by atoms with E-state index in [9.17, 15) is 0 Å². The summed E-state index contributed by atoms with van der Waals surface area (Å²) in [6, 6.07) is 18.2. The number of nitrogens with zero attached hydrogens (tertiary/aromatic N) is 5. The van der Waals surface area contributed by atoms with Crippen LogP contribution in [0.15, 0.2) is 74.8 Å². The van der Waals surface area contributed by atoms with E-state index >= 15 is 0 Å². The third-order valence-electron chi connectivity index (χ3n) is 5.12. The van der Waals surface area contributed by atoms with Crippen molar-refractivity contribution in [2.24, 2.45) is 20.2 Å². The molecule has 2 aliphatic heterocycles. The normalized spacial score (nSPS) is 15.4. The second kappa shape index (κ2) is 9.77. The molecule has 33 heavy (non-hydrogen) atoms. The molecule has 10 nitrogen and oxygen atoms in total. The molecule has 0 bridgehead atoms. The lowest BCUT2D eigenvalue weighted by atomic mass is 10.1. The fourth-order valence-corrected chi connectivity index (χ4v) is 3.39. The number of hydrazone groups is 2. The molecule has 0 amide bonds. The molecule has 1 aromatic heterocycles. The molecule has 2 aromatic carbocycles. The third-order valence-corrected chi connectivity index (χ3v) is 5.12. The zero-order valence-corrected chi connectivity index (χ0v) is 17.9. The number of hydrogen-bond donors (Lipinski definition) is 5. The first kappa shape index (κ1) is 20.4. The van der Waals surface area contributed by atoms with E-state index in [1.807, 2.05) is 54.6 Å². The van der Waals surface area contributed by atoms with Gasteiger partial charge in [0.25, 0.3) is 0 Å². The summed E-state index contributed by atoms with van der Waals surface area (Å²) < 4.78 is 0. The van der Waals surface area contributed by atoms with Crippen LogP contribution in [-0.4, -0.2) is 60.7 Å². The molecular formula is C23H24N10. The summed E-state index contributed by atoms with van der Waals surface area (Å²) in [7, 11) is 0. The van der Waals surface area contributed by atoms with Crippen molar-refractivity contribution in [3.63, 3.8) is 0 Å². The van der Waals surface area contributed by atoms with Crippen molar-refractivity contribution >= 4 is 24.3 Å². The standard InChI is InChI=1S/C23H24N10/c1-5-18(6-2-16(1)14-28-32-22-24-9-10-25-22)20-13-21(31-30-20)19-7-3-17(4-8-19)15-29-33-23-26-11-12-27-23/h1-8,13-15H,9-12H2,(H,30,31)(H2,24,25,32)(H2,26,27,33)/b28-14-,29-15+.